The van der Waals surface area contributed by atoms with Gasteiger partial charge in [0.15, 0.2) is 23.9 Å². The van der Waals surface area contributed by atoms with Gasteiger partial charge in [-0.25, -0.2) is 8.42 Å². The molecule has 0 unspecified atom stereocenters. The van der Waals surface area contributed by atoms with Crippen LogP contribution in [-0.4, -0.2) is 58.4 Å². The number of carbonyl (C=O) groups is 2. The van der Waals surface area contributed by atoms with E-state index in [-0.39, 0.29) is 16.9 Å². The van der Waals surface area contributed by atoms with E-state index in [4.69, 9.17) is 14.2 Å². The van der Waals surface area contributed by atoms with Gasteiger partial charge >= 0.3 is 5.97 Å². The number of Topliss-reactive ketones (excluding diaryl/α,β-unsaturated/α-hetero) is 1. The molecule has 32 heavy (non-hydrogen) atoms. The number of benzene rings is 2. The molecule has 0 radical (unpaired) electrons. The number of methoxy groups -OCH3 is 2. The van der Waals surface area contributed by atoms with E-state index in [0.717, 1.165) is 18.4 Å². The van der Waals surface area contributed by atoms with E-state index in [1.165, 1.54) is 35.7 Å². The van der Waals surface area contributed by atoms with Crippen molar-refractivity contribution in [3.8, 4) is 11.5 Å². The Bertz CT molecular complexity index is 1060. The van der Waals surface area contributed by atoms with Gasteiger partial charge in [0.1, 0.15) is 0 Å². The number of carbonyl (C=O) groups excluding carboxylic acids is 2. The number of hydrogen-bond acceptors (Lipinski definition) is 7. The first-order valence-electron chi connectivity index (χ1n) is 10.3. The van der Waals surface area contributed by atoms with Crippen molar-refractivity contribution in [1.82, 2.24) is 4.31 Å². The second-order valence-electron chi connectivity index (χ2n) is 7.41. The van der Waals surface area contributed by atoms with Gasteiger partial charge in [-0.05, 0) is 61.2 Å². The summed E-state index contributed by atoms with van der Waals surface area (Å²) in [7, 11) is -0.445. The molecule has 0 atom stereocenters. The van der Waals surface area contributed by atoms with Gasteiger partial charge in [-0.15, -0.1) is 0 Å². The van der Waals surface area contributed by atoms with Crippen LogP contribution in [0.2, 0.25) is 0 Å². The van der Waals surface area contributed by atoms with Crippen molar-refractivity contribution in [3.05, 3.63) is 53.6 Å². The fraction of sp³-hybridized carbons (Fsp3) is 0.391. The summed E-state index contributed by atoms with van der Waals surface area (Å²) in [6.45, 7) is 0.632. The highest BCUT2D eigenvalue weighted by Gasteiger charge is 2.27. The number of rotatable bonds is 10. The Kier molecular flexibility index (Phi) is 7.87. The number of ketones is 1. The Labute approximate surface area is 188 Å². The predicted octanol–water partition coefficient (Wildman–Crippen LogP) is 2.85. The minimum atomic E-state index is -3.53. The molecule has 1 aliphatic rings. The van der Waals surface area contributed by atoms with Crippen LogP contribution in [0.3, 0.4) is 0 Å². The van der Waals surface area contributed by atoms with Crippen LogP contribution in [0.1, 0.15) is 35.2 Å². The molecule has 8 nitrogen and oxygen atoms in total. The van der Waals surface area contributed by atoms with Crippen molar-refractivity contribution in [2.45, 2.75) is 30.6 Å². The fourth-order valence-corrected chi connectivity index (χ4v) is 4.99. The molecule has 172 valence electrons. The molecule has 0 amide bonds. The molecule has 0 bridgehead atoms. The summed E-state index contributed by atoms with van der Waals surface area (Å²) in [5, 5.41) is 0. The molecule has 2 aromatic rings. The molecule has 0 aliphatic carbocycles. The molecule has 1 aliphatic heterocycles. The number of aryl methyl sites for hydroxylation is 1. The Balaban J connectivity index is 1.50. The summed E-state index contributed by atoms with van der Waals surface area (Å²) >= 11 is 0. The van der Waals surface area contributed by atoms with Crippen molar-refractivity contribution >= 4 is 21.8 Å². The Morgan fingerprint density at radius 2 is 1.59 bits per heavy atom. The summed E-state index contributed by atoms with van der Waals surface area (Å²) in [5.74, 6) is 0.281. The molecule has 2 aromatic carbocycles. The van der Waals surface area contributed by atoms with Gasteiger partial charge in [-0.3, -0.25) is 9.59 Å². The van der Waals surface area contributed by atoms with Crippen LogP contribution in [0.25, 0.3) is 0 Å². The maximum Gasteiger partial charge on any atom is 0.306 e. The van der Waals surface area contributed by atoms with E-state index in [2.05, 4.69) is 0 Å². The fourth-order valence-electron chi connectivity index (χ4n) is 3.47. The molecule has 0 spiro atoms. The first-order valence-corrected chi connectivity index (χ1v) is 11.8. The summed E-state index contributed by atoms with van der Waals surface area (Å²) < 4.78 is 42.1. The second-order valence-corrected chi connectivity index (χ2v) is 9.35. The van der Waals surface area contributed by atoms with Crippen LogP contribution in [-0.2, 0) is 26.0 Å². The van der Waals surface area contributed by atoms with E-state index < -0.39 is 28.4 Å². The first-order chi connectivity index (χ1) is 15.3. The number of sulfonamides is 1. The molecule has 9 heteroatoms. The quantitative estimate of drug-likeness (QED) is 0.396. The third-order valence-electron chi connectivity index (χ3n) is 5.31. The van der Waals surface area contributed by atoms with E-state index in [9.17, 15) is 18.0 Å². The summed E-state index contributed by atoms with van der Waals surface area (Å²) in [6, 6.07) is 11.1. The van der Waals surface area contributed by atoms with Gasteiger partial charge < -0.3 is 14.2 Å². The Morgan fingerprint density at radius 1 is 0.938 bits per heavy atom. The normalized spacial score (nSPS) is 14.2. The van der Waals surface area contributed by atoms with E-state index >= 15 is 0 Å². The number of ether oxygens (including phenoxy) is 3. The Morgan fingerprint density at radius 3 is 2.22 bits per heavy atom. The van der Waals surface area contributed by atoms with Crippen molar-refractivity contribution < 1.29 is 32.2 Å². The van der Waals surface area contributed by atoms with Gasteiger partial charge in [-0.1, -0.05) is 6.07 Å². The van der Waals surface area contributed by atoms with Crippen LogP contribution in [0, 0.1) is 0 Å². The smallest absolute Gasteiger partial charge is 0.306 e. The average molecular weight is 462 g/mol. The summed E-state index contributed by atoms with van der Waals surface area (Å²) in [5.41, 5.74) is 1.17. The lowest BCUT2D eigenvalue weighted by Crippen LogP contribution is -2.27. The van der Waals surface area contributed by atoms with Crippen LogP contribution in [0.15, 0.2) is 47.4 Å². The monoisotopic (exact) mass is 461 g/mol. The number of nitrogens with zero attached hydrogens (tertiary/aromatic N) is 1. The zero-order chi connectivity index (χ0) is 23.1. The van der Waals surface area contributed by atoms with Crippen molar-refractivity contribution in [3.63, 3.8) is 0 Å². The predicted molar refractivity (Wildman–Crippen MR) is 118 cm³/mol. The minimum absolute atomic E-state index is 0.107. The highest BCUT2D eigenvalue weighted by molar-refractivity contribution is 7.89. The molecular weight excluding hydrogens is 434 g/mol. The van der Waals surface area contributed by atoms with Crippen LogP contribution < -0.4 is 9.47 Å². The highest BCUT2D eigenvalue weighted by Crippen LogP contribution is 2.28. The van der Waals surface area contributed by atoms with E-state index in [1.54, 1.807) is 19.2 Å². The summed E-state index contributed by atoms with van der Waals surface area (Å²) in [4.78, 5) is 24.5. The van der Waals surface area contributed by atoms with Crippen LogP contribution in [0.5, 0.6) is 11.5 Å². The standard InChI is InChI=1S/C23H27NO7S/c1-29-21-11-5-17(15-22(21)30-2)6-12-23(26)31-16-20(25)18-7-9-19(10-8-18)32(27,28)24-13-3-4-14-24/h5,7-11,15H,3-4,6,12-14,16H2,1-2H3. The van der Waals surface area contributed by atoms with Gasteiger partial charge in [-0.2, -0.15) is 4.31 Å². The Hall–Kier alpha value is -2.91. The molecule has 0 N–H and O–H groups in total. The van der Waals surface area contributed by atoms with Crippen LogP contribution in [0.4, 0.5) is 0 Å². The minimum Gasteiger partial charge on any atom is -0.493 e. The van der Waals surface area contributed by atoms with Crippen LogP contribution >= 0.6 is 0 Å². The molecule has 0 saturated carbocycles. The van der Waals surface area contributed by atoms with Gasteiger partial charge in [0.05, 0.1) is 19.1 Å². The van der Waals surface area contributed by atoms with Crippen molar-refractivity contribution in [2.24, 2.45) is 0 Å². The van der Waals surface area contributed by atoms with Crippen molar-refractivity contribution in [2.75, 3.05) is 33.9 Å². The third kappa shape index (κ3) is 5.66. The van der Waals surface area contributed by atoms with Crippen molar-refractivity contribution in [1.29, 1.82) is 0 Å². The van der Waals surface area contributed by atoms with Gasteiger partial charge in [0.25, 0.3) is 0 Å². The third-order valence-corrected chi connectivity index (χ3v) is 7.22. The topological polar surface area (TPSA) is 99.2 Å². The second kappa shape index (κ2) is 10.6. The number of esters is 1. The highest BCUT2D eigenvalue weighted by atomic mass is 32.2. The maximum absolute atomic E-state index is 12.6. The summed E-state index contributed by atoms with van der Waals surface area (Å²) in [6.07, 6.45) is 2.24. The lowest BCUT2D eigenvalue weighted by atomic mass is 10.1. The molecule has 1 heterocycles. The largest absolute Gasteiger partial charge is 0.493 e. The zero-order valence-electron chi connectivity index (χ0n) is 18.2. The van der Waals surface area contributed by atoms with E-state index in [1.807, 2.05) is 6.07 Å². The lowest BCUT2D eigenvalue weighted by molar-refractivity contribution is -0.142. The van der Waals surface area contributed by atoms with Gasteiger partial charge in [0, 0.05) is 25.1 Å². The molecular formula is C23H27NO7S. The zero-order valence-corrected chi connectivity index (χ0v) is 19.0. The SMILES string of the molecule is COc1ccc(CCC(=O)OCC(=O)c2ccc(S(=O)(=O)N3CCCC3)cc2)cc1OC. The molecule has 3 rings (SSSR count). The first kappa shape index (κ1) is 23.7. The molecule has 1 fully saturated rings. The van der Waals surface area contributed by atoms with E-state index in [0.29, 0.717) is 31.0 Å². The van der Waals surface area contributed by atoms with Gasteiger partial charge in [0.2, 0.25) is 10.0 Å². The molecule has 0 aromatic heterocycles. The lowest BCUT2D eigenvalue weighted by Gasteiger charge is -2.15. The molecule has 1 saturated heterocycles. The average Bonchev–Trinajstić information content (AvgIpc) is 3.37. The number of hydrogen-bond donors (Lipinski definition) is 0. The maximum atomic E-state index is 12.6.